The molecule has 0 saturated carbocycles. The van der Waals surface area contributed by atoms with Gasteiger partial charge in [-0.05, 0) is 24.6 Å². The van der Waals surface area contributed by atoms with E-state index in [1.165, 1.54) is 24.9 Å². The van der Waals surface area contributed by atoms with E-state index in [1.807, 2.05) is 30.3 Å². The first-order valence-corrected chi connectivity index (χ1v) is 8.49. The lowest BCUT2D eigenvalue weighted by atomic mass is 10.2. The summed E-state index contributed by atoms with van der Waals surface area (Å²) in [6.45, 7) is 0. The summed E-state index contributed by atoms with van der Waals surface area (Å²) >= 11 is 1.52. The molecule has 6 nitrogen and oxygen atoms in total. The number of non-ortho nitro benzene ring substituents is 1. The normalized spacial score (nSPS) is 10.8. The van der Waals surface area contributed by atoms with E-state index in [1.54, 1.807) is 12.1 Å². The number of benzene rings is 2. The van der Waals surface area contributed by atoms with E-state index in [0.717, 1.165) is 26.4 Å². The molecule has 0 radical (unpaired) electrons. The van der Waals surface area contributed by atoms with Crippen molar-refractivity contribution < 1.29 is 14.5 Å². The lowest BCUT2D eigenvalue weighted by molar-refractivity contribution is -0.384. The number of carbonyl (C=O) groups excluding carboxylic acids is 1. The second kappa shape index (κ2) is 7.40. The van der Waals surface area contributed by atoms with Crippen LogP contribution >= 0.6 is 11.8 Å². The molecule has 0 amide bonds. The molecule has 0 spiro atoms. The first-order chi connectivity index (χ1) is 12.1. The first kappa shape index (κ1) is 17.0. The third kappa shape index (κ3) is 3.83. The number of esters is 1. The van der Waals surface area contributed by atoms with Crippen LogP contribution in [0.2, 0.25) is 0 Å². The van der Waals surface area contributed by atoms with Gasteiger partial charge < -0.3 is 9.72 Å². The van der Waals surface area contributed by atoms with E-state index in [-0.39, 0.29) is 18.1 Å². The fraction of sp³-hybridized carbons (Fsp3) is 0.167. The predicted octanol–water partition coefficient (Wildman–Crippen LogP) is 4.33. The molecule has 128 valence electrons. The van der Waals surface area contributed by atoms with E-state index in [9.17, 15) is 14.9 Å². The Morgan fingerprint density at radius 1 is 1.24 bits per heavy atom. The summed E-state index contributed by atoms with van der Waals surface area (Å²) < 4.78 is 4.71. The zero-order valence-electron chi connectivity index (χ0n) is 13.5. The maximum Gasteiger partial charge on any atom is 0.305 e. The molecule has 1 aromatic heterocycles. The van der Waals surface area contributed by atoms with Gasteiger partial charge in [-0.15, -0.1) is 0 Å². The Balaban J connectivity index is 2.04. The Bertz CT molecular complexity index is 921. The van der Waals surface area contributed by atoms with Gasteiger partial charge in [0.2, 0.25) is 0 Å². The minimum atomic E-state index is -0.405. The number of hydrogen-bond acceptors (Lipinski definition) is 5. The largest absolute Gasteiger partial charge is 0.469 e. The molecule has 1 N–H and O–H groups in total. The average Bonchev–Trinajstić information content (AvgIpc) is 2.97. The van der Waals surface area contributed by atoms with Crippen LogP contribution in [0.1, 0.15) is 12.1 Å². The number of nitro benzene ring substituents is 1. The van der Waals surface area contributed by atoms with Crippen LogP contribution < -0.4 is 0 Å². The molecule has 0 aliphatic carbocycles. The Morgan fingerprint density at radius 2 is 2.00 bits per heavy atom. The van der Waals surface area contributed by atoms with E-state index in [4.69, 9.17) is 4.74 Å². The topological polar surface area (TPSA) is 85.2 Å². The van der Waals surface area contributed by atoms with Crippen molar-refractivity contribution in [3.63, 3.8) is 0 Å². The van der Waals surface area contributed by atoms with Gasteiger partial charge in [-0.3, -0.25) is 14.9 Å². The van der Waals surface area contributed by atoms with E-state index < -0.39 is 4.92 Å². The van der Waals surface area contributed by atoms with Crippen molar-refractivity contribution in [3.05, 3.63) is 64.3 Å². The molecule has 0 aliphatic heterocycles. The lowest BCUT2D eigenvalue weighted by Crippen LogP contribution is -2.02. The smallest absolute Gasteiger partial charge is 0.305 e. The van der Waals surface area contributed by atoms with Crippen molar-refractivity contribution in [2.45, 2.75) is 22.6 Å². The molecule has 3 rings (SSSR count). The second-order valence-corrected chi connectivity index (χ2v) is 6.49. The summed E-state index contributed by atoms with van der Waals surface area (Å²) in [5.74, 6) is -0.291. The highest BCUT2D eigenvalue weighted by Gasteiger charge is 2.17. The minimum absolute atomic E-state index is 0.0425. The average molecular weight is 356 g/mol. The molecular formula is C18H16N2O4S. The Morgan fingerprint density at radius 3 is 2.68 bits per heavy atom. The molecule has 3 aromatic rings. The number of rotatable bonds is 6. The number of methoxy groups -OCH3 is 1. The number of hydrogen-bond donors (Lipinski definition) is 1. The van der Waals surface area contributed by atoms with Crippen molar-refractivity contribution in [3.8, 4) is 0 Å². The number of ether oxygens (including phenoxy) is 1. The summed E-state index contributed by atoms with van der Waals surface area (Å²) in [4.78, 5) is 27.4. The summed E-state index contributed by atoms with van der Waals surface area (Å²) in [5.41, 5.74) is 1.72. The SMILES string of the molecule is COC(=O)CCc1[nH]c2ccc([N+](=O)[O-])cc2c1Sc1ccccc1. The number of nitrogens with one attached hydrogen (secondary N) is 1. The van der Waals surface area contributed by atoms with Gasteiger partial charge in [0, 0.05) is 38.5 Å². The van der Waals surface area contributed by atoms with Crippen LogP contribution in [0, 0.1) is 10.1 Å². The van der Waals surface area contributed by atoms with Crippen LogP contribution in [-0.2, 0) is 16.0 Å². The fourth-order valence-corrected chi connectivity index (χ4v) is 3.64. The molecule has 0 unspecified atom stereocenters. The van der Waals surface area contributed by atoms with E-state index >= 15 is 0 Å². The van der Waals surface area contributed by atoms with Gasteiger partial charge >= 0.3 is 5.97 Å². The van der Waals surface area contributed by atoms with Crippen LogP contribution in [0.4, 0.5) is 5.69 Å². The summed E-state index contributed by atoms with van der Waals surface area (Å²) in [7, 11) is 1.36. The molecule has 0 atom stereocenters. The quantitative estimate of drug-likeness (QED) is 0.403. The number of nitrogens with zero attached hydrogens (tertiary/aromatic N) is 1. The van der Waals surface area contributed by atoms with Crippen LogP contribution in [0.5, 0.6) is 0 Å². The third-order valence-electron chi connectivity index (χ3n) is 3.79. The Kier molecular flexibility index (Phi) is 5.04. The Labute approximate surface area is 148 Å². The highest BCUT2D eigenvalue weighted by Crippen LogP contribution is 2.38. The van der Waals surface area contributed by atoms with Gasteiger partial charge in [-0.25, -0.2) is 0 Å². The maximum absolute atomic E-state index is 11.5. The molecule has 0 aliphatic rings. The van der Waals surface area contributed by atoms with Crippen molar-refractivity contribution in [2.24, 2.45) is 0 Å². The van der Waals surface area contributed by atoms with Gasteiger partial charge in [-0.2, -0.15) is 0 Å². The number of carbonyl (C=O) groups is 1. The van der Waals surface area contributed by atoms with Crippen molar-refractivity contribution in [1.29, 1.82) is 0 Å². The molecule has 0 saturated heterocycles. The summed E-state index contributed by atoms with van der Waals surface area (Å²) in [6.07, 6.45) is 0.720. The predicted molar refractivity (Wildman–Crippen MR) is 95.9 cm³/mol. The lowest BCUT2D eigenvalue weighted by Gasteiger charge is -2.05. The highest BCUT2D eigenvalue weighted by molar-refractivity contribution is 7.99. The number of fused-ring (bicyclic) bond motifs is 1. The summed E-state index contributed by atoms with van der Waals surface area (Å²) in [5, 5.41) is 11.9. The number of H-pyrrole nitrogens is 1. The maximum atomic E-state index is 11.5. The standard InChI is InChI=1S/C18H16N2O4S/c1-24-17(21)10-9-16-18(25-13-5-3-2-4-6-13)14-11-12(20(22)23)7-8-15(14)19-16/h2-8,11,19H,9-10H2,1H3. The van der Waals surface area contributed by atoms with Crippen molar-refractivity contribution in [2.75, 3.05) is 7.11 Å². The zero-order valence-corrected chi connectivity index (χ0v) is 14.3. The molecular weight excluding hydrogens is 340 g/mol. The number of aromatic nitrogens is 1. The number of aryl methyl sites for hydroxylation is 1. The molecule has 7 heteroatoms. The van der Waals surface area contributed by atoms with Gasteiger partial charge in [0.1, 0.15) is 0 Å². The van der Waals surface area contributed by atoms with Crippen molar-refractivity contribution in [1.82, 2.24) is 4.98 Å². The van der Waals surface area contributed by atoms with Gasteiger partial charge in [-0.1, -0.05) is 30.0 Å². The minimum Gasteiger partial charge on any atom is -0.469 e. The van der Waals surface area contributed by atoms with Crippen molar-refractivity contribution >= 4 is 34.3 Å². The Hall–Kier alpha value is -2.80. The molecule has 25 heavy (non-hydrogen) atoms. The fourth-order valence-electron chi connectivity index (χ4n) is 2.55. The van der Waals surface area contributed by atoms with Gasteiger partial charge in [0.05, 0.1) is 18.5 Å². The summed E-state index contributed by atoms with van der Waals surface area (Å²) in [6, 6.07) is 14.5. The van der Waals surface area contributed by atoms with E-state index in [0.29, 0.717) is 6.42 Å². The monoisotopic (exact) mass is 356 g/mol. The van der Waals surface area contributed by atoms with Crippen LogP contribution in [0.25, 0.3) is 10.9 Å². The second-order valence-electron chi connectivity index (χ2n) is 5.41. The molecule has 0 bridgehead atoms. The third-order valence-corrected chi connectivity index (χ3v) is 4.97. The first-order valence-electron chi connectivity index (χ1n) is 7.67. The van der Waals surface area contributed by atoms with Crippen LogP contribution in [0.15, 0.2) is 58.3 Å². The zero-order chi connectivity index (χ0) is 17.8. The number of nitro groups is 1. The van der Waals surface area contributed by atoms with Crippen LogP contribution in [0.3, 0.4) is 0 Å². The van der Waals surface area contributed by atoms with Gasteiger partial charge in [0.15, 0.2) is 0 Å². The molecule has 0 fully saturated rings. The number of aromatic amines is 1. The van der Waals surface area contributed by atoms with Gasteiger partial charge in [0.25, 0.3) is 5.69 Å². The molecule has 2 aromatic carbocycles. The van der Waals surface area contributed by atoms with Crippen LogP contribution in [-0.4, -0.2) is 23.0 Å². The highest BCUT2D eigenvalue weighted by atomic mass is 32.2. The van der Waals surface area contributed by atoms with E-state index in [2.05, 4.69) is 4.98 Å². The molecule has 1 heterocycles.